The molecule has 5 aromatic rings. The second-order valence-corrected chi connectivity index (χ2v) is 11.7. The maximum atomic E-state index is 6.45. The van der Waals surface area contributed by atoms with E-state index in [-0.39, 0.29) is 6.04 Å². The van der Waals surface area contributed by atoms with Gasteiger partial charge in [-0.2, -0.15) is 0 Å². The van der Waals surface area contributed by atoms with E-state index in [1.807, 2.05) is 0 Å². The quantitative estimate of drug-likeness (QED) is 0.136. The lowest BCUT2D eigenvalue weighted by Crippen LogP contribution is -2.13. The Morgan fingerprint density at radius 3 is 1.27 bits per heavy atom. The normalized spacial score (nSPS) is 11.7. The van der Waals surface area contributed by atoms with Gasteiger partial charge >= 0.3 is 0 Å². The Kier molecular flexibility index (Phi) is 10.4. The molecule has 0 heterocycles. The number of hydrogen-bond donors (Lipinski definition) is 2. The zero-order chi connectivity index (χ0) is 30.9. The van der Waals surface area contributed by atoms with E-state index in [9.17, 15) is 0 Å². The van der Waals surface area contributed by atoms with Gasteiger partial charge in [0.25, 0.3) is 0 Å². The second-order valence-electron chi connectivity index (χ2n) is 11.7. The molecule has 3 N–H and O–H groups in total. The van der Waals surface area contributed by atoms with Crippen LogP contribution in [-0.2, 0) is 0 Å². The molecule has 0 aliphatic carbocycles. The number of aryl methyl sites for hydroxylation is 2. The third-order valence-electron chi connectivity index (χ3n) is 8.11. The molecule has 0 aliphatic heterocycles. The van der Waals surface area contributed by atoms with Crippen LogP contribution >= 0.6 is 0 Å². The molecule has 4 nitrogen and oxygen atoms in total. The highest BCUT2D eigenvalue weighted by Crippen LogP contribution is 2.39. The Morgan fingerprint density at radius 2 is 0.886 bits per heavy atom. The largest absolute Gasteiger partial charge is 0.385 e. The van der Waals surface area contributed by atoms with E-state index in [4.69, 9.17) is 5.73 Å². The monoisotopic (exact) mass is 582 g/mol. The molecule has 1 atom stereocenters. The minimum absolute atomic E-state index is 0.0600. The summed E-state index contributed by atoms with van der Waals surface area (Å²) in [4.78, 5) is 4.63. The Morgan fingerprint density at radius 1 is 0.523 bits per heavy atom. The van der Waals surface area contributed by atoms with Crippen LogP contribution in [-0.4, -0.2) is 6.54 Å². The van der Waals surface area contributed by atoms with Gasteiger partial charge < -0.3 is 20.9 Å². The van der Waals surface area contributed by atoms with Crippen LogP contribution in [0.3, 0.4) is 0 Å². The van der Waals surface area contributed by atoms with Crippen LogP contribution in [0.2, 0.25) is 0 Å². The lowest BCUT2D eigenvalue weighted by Gasteiger charge is -2.29. The smallest absolute Gasteiger partial charge is 0.0463 e. The third kappa shape index (κ3) is 7.50. The fraction of sp³-hybridized carbons (Fsp3) is 0.250. The fourth-order valence-electron chi connectivity index (χ4n) is 5.52. The summed E-state index contributed by atoms with van der Waals surface area (Å²) in [5, 5.41) is 3.54. The predicted octanol–water partition coefficient (Wildman–Crippen LogP) is 11.3. The average Bonchev–Trinajstić information content (AvgIpc) is 3.05. The number of nitrogens with one attached hydrogen (secondary N) is 1. The molecule has 5 rings (SSSR count). The number of unbranched alkanes of at least 4 members (excludes halogenated alkanes) is 1. The van der Waals surface area contributed by atoms with Crippen molar-refractivity contribution in [3.05, 3.63) is 138 Å². The molecule has 0 saturated heterocycles. The molecule has 0 aromatic heterocycles. The van der Waals surface area contributed by atoms with Crippen molar-refractivity contribution in [3.63, 3.8) is 0 Å². The van der Waals surface area contributed by atoms with Crippen molar-refractivity contribution in [2.75, 3.05) is 21.7 Å². The third-order valence-corrected chi connectivity index (χ3v) is 8.11. The molecule has 4 heteroatoms. The van der Waals surface area contributed by atoms with Crippen LogP contribution in [0.15, 0.2) is 121 Å². The van der Waals surface area contributed by atoms with Gasteiger partial charge in [-0.3, -0.25) is 0 Å². The van der Waals surface area contributed by atoms with Gasteiger partial charge in [0.15, 0.2) is 0 Å². The van der Waals surface area contributed by atoms with Gasteiger partial charge in [0.1, 0.15) is 0 Å². The van der Waals surface area contributed by atoms with E-state index in [0.29, 0.717) is 0 Å². The first-order chi connectivity index (χ1) is 21.5. The Balaban J connectivity index is 1.52. The van der Waals surface area contributed by atoms with Crippen LogP contribution in [0.25, 0.3) is 0 Å². The molecule has 1 unspecified atom stereocenters. The van der Waals surface area contributed by atoms with Crippen molar-refractivity contribution >= 4 is 39.8 Å². The molecule has 0 spiro atoms. The SMILES string of the molecule is CCCCNc1ccc(N(c2ccc(C(N)CCC)cc2)c2ccc(N(c3ccc(C)cc3)c3ccc(C)cc3)cc2)cc1. The molecular formula is C40H46N4. The zero-order valence-electron chi connectivity index (χ0n) is 26.6. The van der Waals surface area contributed by atoms with E-state index in [2.05, 4.69) is 164 Å². The Labute approximate surface area is 264 Å². The second kappa shape index (κ2) is 14.8. The molecule has 226 valence electrons. The fourth-order valence-corrected chi connectivity index (χ4v) is 5.52. The maximum Gasteiger partial charge on any atom is 0.0463 e. The van der Waals surface area contributed by atoms with E-state index in [1.54, 1.807) is 0 Å². The van der Waals surface area contributed by atoms with Gasteiger partial charge in [0, 0.05) is 52.4 Å². The summed E-state index contributed by atoms with van der Waals surface area (Å²) in [7, 11) is 0. The van der Waals surface area contributed by atoms with Crippen molar-refractivity contribution in [1.82, 2.24) is 0 Å². The lowest BCUT2D eigenvalue weighted by atomic mass is 10.0. The summed E-state index contributed by atoms with van der Waals surface area (Å²) in [6, 6.07) is 43.9. The van der Waals surface area contributed by atoms with Crippen LogP contribution < -0.4 is 20.9 Å². The molecular weight excluding hydrogens is 536 g/mol. The molecule has 5 aromatic carbocycles. The number of benzene rings is 5. The standard InChI is InChI=1S/C40H46N4/c1-5-7-29-42-33-15-23-37(24-16-33)44(36-21-13-32(14-22-36)40(41)8-6-2)39-27-25-38(26-28-39)43(34-17-9-30(3)10-18-34)35-19-11-31(4)12-20-35/h9-28,40,42H,5-8,29,41H2,1-4H3. The van der Waals surface area contributed by atoms with Gasteiger partial charge in [-0.1, -0.05) is 74.2 Å². The Bertz CT molecular complexity index is 1530. The van der Waals surface area contributed by atoms with Crippen LogP contribution in [0.4, 0.5) is 39.8 Å². The van der Waals surface area contributed by atoms with Crippen LogP contribution in [0, 0.1) is 13.8 Å². The topological polar surface area (TPSA) is 44.5 Å². The first kappa shape index (κ1) is 30.9. The molecule has 0 aliphatic rings. The lowest BCUT2D eigenvalue weighted by molar-refractivity contribution is 0.638. The highest BCUT2D eigenvalue weighted by Gasteiger charge is 2.17. The first-order valence-corrected chi connectivity index (χ1v) is 16.0. The molecule has 0 fully saturated rings. The van der Waals surface area contributed by atoms with E-state index >= 15 is 0 Å². The number of rotatable bonds is 13. The van der Waals surface area contributed by atoms with E-state index in [1.165, 1.54) is 23.1 Å². The summed E-state index contributed by atoms with van der Waals surface area (Å²) in [6.45, 7) is 9.63. The van der Waals surface area contributed by atoms with Gasteiger partial charge in [0.05, 0.1) is 0 Å². The molecule has 44 heavy (non-hydrogen) atoms. The average molecular weight is 583 g/mol. The summed E-state index contributed by atoms with van der Waals surface area (Å²) in [5.74, 6) is 0. The summed E-state index contributed by atoms with van der Waals surface area (Å²) < 4.78 is 0. The van der Waals surface area contributed by atoms with Gasteiger partial charge in [-0.05, 0) is 117 Å². The van der Waals surface area contributed by atoms with Crippen LogP contribution in [0.5, 0.6) is 0 Å². The summed E-state index contributed by atoms with van der Waals surface area (Å²) in [5.41, 5.74) is 17.9. The predicted molar refractivity (Wildman–Crippen MR) is 191 cm³/mol. The van der Waals surface area contributed by atoms with Crippen molar-refractivity contribution in [3.8, 4) is 0 Å². The summed E-state index contributed by atoms with van der Waals surface area (Å²) >= 11 is 0. The van der Waals surface area contributed by atoms with Crippen LogP contribution in [0.1, 0.15) is 62.3 Å². The molecule has 0 radical (unpaired) electrons. The first-order valence-electron chi connectivity index (χ1n) is 16.0. The Hall–Kier alpha value is -4.54. The number of anilines is 7. The number of nitrogens with zero attached hydrogens (tertiary/aromatic N) is 2. The van der Waals surface area contributed by atoms with Gasteiger partial charge in [0.2, 0.25) is 0 Å². The van der Waals surface area contributed by atoms with Gasteiger partial charge in [-0.25, -0.2) is 0 Å². The molecule has 0 amide bonds. The molecule has 0 saturated carbocycles. The zero-order valence-corrected chi connectivity index (χ0v) is 26.6. The number of nitrogens with two attached hydrogens (primary N) is 1. The van der Waals surface area contributed by atoms with Crippen molar-refractivity contribution < 1.29 is 0 Å². The van der Waals surface area contributed by atoms with Crippen molar-refractivity contribution in [2.24, 2.45) is 5.73 Å². The maximum absolute atomic E-state index is 6.45. The van der Waals surface area contributed by atoms with E-state index < -0.39 is 0 Å². The highest BCUT2D eigenvalue weighted by atomic mass is 15.2. The summed E-state index contributed by atoms with van der Waals surface area (Å²) in [6.07, 6.45) is 4.39. The highest BCUT2D eigenvalue weighted by molar-refractivity contribution is 5.81. The number of hydrogen-bond acceptors (Lipinski definition) is 4. The van der Waals surface area contributed by atoms with Gasteiger partial charge in [-0.15, -0.1) is 0 Å². The molecule has 0 bridgehead atoms. The van der Waals surface area contributed by atoms with Crippen molar-refractivity contribution in [1.29, 1.82) is 0 Å². The minimum atomic E-state index is 0.0600. The van der Waals surface area contributed by atoms with E-state index in [0.717, 1.165) is 65.6 Å². The van der Waals surface area contributed by atoms with Crippen molar-refractivity contribution in [2.45, 2.75) is 59.4 Å². The minimum Gasteiger partial charge on any atom is -0.385 e.